The minimum atomic E-state index is -1.39. The van der Waals surface area contributed by atoms with Crippen LogP contribution in [0.3, 0.4) is 0 Å². The Balaban J connectivity index is 2.33. The van der Waals surface area contributed by atoms with E-state index in [1.54, 1.807) is 0 Å². The van der Waals surface area contributed by atoms with Crippen LogP contribution in [-0.2, 0) is 0 Å². The monoisotopic (exact) mass is 354 g/mol. The van der Waals surface area contributed by atoms with E-state index in [4.69, 9.17) is 9.52 Å². The van der Waals surface area contributed by atoms with Gasteiger partial charge in [0, 0.05) is 12.1 Å². The van der Waals surface area contributed by atoms with E-state index < -0.39 is 16.8 Å². The number of nitrogens with one attached hydrogen (secondary N) is 1. The molecule has 0 aliphatic carbocycles. The van der Waals surface area contributed by atoms with E-state index >= 15 is 0 Å². The fourth-order valence-electron chi connectivity index (χ4n) is 1.55. The summed E-state index contributed by atoms with van der Waals surface area (Å²) in [6.45, 7) is 0. The first-order valence-electron chi connectivity index (χ1n) is 5.47. The number of benzene rings is 1. The number of carbonyl (C=O) groups excluding carboxylic acids is 1. The highest BCUT2D eigenvalue weighted by atomic mass is 79.9. The summed E-state index contributed by atoms with van der Waals surface area (Å²) in [6.07, 6.45) is 0. The standard InChI is InChI=1S/C12H7BrN2O6/c13-10-4-3-9(21-10)11(16)14-8-2-1-6(15(19)20)5-7(8)12(17)18/h1-5H,(H,14,16)(H,17,18). The van der Waals surface area contributed by atoms with Gasteiger partial charge in [0.25, 0.3) is 11.6 Å². The summed E-state index contributed by atoms with van der Waals surface area (Å²) in [5.74, 6) is -2.09. The van der Waals surface area contributed by atoms with Crippen molar-refractivity contribution in [3.63, 3.8) is 0 Å². The third kappa shape index (κ3) is 3.26. The highest BCUT2D eigenvalue weighted by Crippen LogP contribution is 2.23. The molecule has 0 bridgehead atoms. The SMILES string of the molecule is O=C(Nc1ccc([N+](=O)[O-])cc1C(=O)O)c1ccc(Br)o1. The van der Waals surface area contributed by atoms with Crippen molar-refractivity contribution < 1.29 is 24.0 Å². The number of nitro groups is 1. The fourth-order valence-corrected chi connectivity index (χ4v) is 1.86. The van der Waals surface area contributed by atoms with E-state index in [0.717, 1.165) is 18.2 Å². The van der Waals surface area contributed by atoms with Crippen molar-refractivity contribution in [1.29, 1.82) is 0 Å². The van der Waals surface area contributed by atoms with E-state index in [-0.39, 0.29) is 22.7 Å². The Morgan fingerprint density at radius 2 is 2.00 bits per heavy atom. The Hall–Kier alpha value is -2.68. The first kappa shape index (κ1) is 14.7. The number of anilines is 1. The number of halogens is 1. The average Bonchev–Trinajstić information content (AvgIpc) is 2.85. The second-order valence-electron chi connectivity index (χ2n) is 3.85. The number of carboxylic acid groups (broad SMARTS) is 1. The van der Waals surface area contributed by atoms with Crippen LogP contribution in [0.1, 0.15) is 20.9 Å². The van der Waals surface area contributed by atoms with Gasteiger partial charge in [-0.25, -0.2) is 4.79 Å². The zero-order valence-electron chi connectivity index (χ0n) is 10.2. The van der Waals surface area contributed by atoms with Crippen LogP contribution in [0.15, 0.2) is 39.4 Å². The van der Waals surface area contributed by atoms with Crippen molar-refractivity contribution >= 4 is 39.2 Å². The average molecular weight is 355 g/mol. The molecular weight excluding hydrogens is 348 g/mol. The van der Waals surface area contributed by atoms with Crippen molar-refractivity contribution in [2.24, 2.45) is 0 Å². The summed E-state index contributed by atoms with van der Waals surface area (Å²) >= 11 is 3.03. The van der Waals surface area contributed by atoms with Gasteiger partial charge in [0.2, 0.25) is 0 Å². The van der Waals surface area contributed by atoms with Gasteiger partial charge in [-0.2, -0.15) is 0 Å². The molecular formula is C12H7BrN2O6. The minimum Gasteiger partial charge on any atom is -0.478 e. The minimum absolute atomic E-state index is 0.0310. The Morgan fingerprint density at radius 3 is 2.52 bits per heavy atom. The number of rotatable bonds is 4. The number of amides is 1. The Bertz CT molecular complexity index is 739. The number of aromatic carboxylic acids is 1. The third-order valence-electron chi connectivity index (χ3n) is 2.49. The Kier molecular flexibility index (Phi) is 4.03. The van der Waals surface area contributed by atoms with Crippen LogP contribution >= 0.6 is 15.9 Å². The highest BCUT2D eigenvalue weighted by molar-refractivity contribution is 9.10. The highest BCUT2D eigenvalue weighted by Gasteiger charge is 2.19. The number of hydrogen-bond acceptors (Lipinski definition) is 5. The number of carbonyl (C=O) groups is 2. The number of hydrogen-bond donors (Lipinski definition) is 2. The van der Waals surface area contributed by atoms with Crippen LogP contribution in [0.5, 0.6) is 0 Å². The summed E-state index contributed by atoms with van der Waals surface area (Å²) in [5.41, 5.74) is -0.833. The van der Waals surface area contributed by atoms with Crippen LogP contribution < -0.4 is 5.32 Å². The van der Waals surface area contributed by atoms with Crippen molar-refractivity contribution in [1.82, 2.24) is 0 Å². The van der Waals surface area contributed by atoms with Crippen LogP contribution in [-0.4, -0.2) is 21.9 Å². The quantitative estimate of drug-likeness (QED) is 0.642. The van der Waals surface area contributed by atoms with Crippen molar-refractivity contribution in [3.8, 4) is 0 Å². The molecule has 0 saturated carbocycles. The van der Waals surface area contributed by atoms with E-state index in [2.05, 4.69) is 21.2 Å². The molecule has 0 radical (unpaired) electrons. The normalized spacial score (nSPS) is 10.1. The number of nitro benzene ring substituents is 1. The van der Waals surface area contributed by atoms with Crippen LogP contribution in [0.2, 0.25) is 0 Å². The lowest BCUT2D eigenvalue weighted by molar-refractivity contribution is -0.384. The maximum Gasteiger partial charge on any atom is 0.338 e. The van der Waals surface area contributed by atoms with E-state index in [1.807, 2.05) is 0 Å². The molecule has 0 fully saturated rings. The van der Waals surface area contributed by atoms with Gasteiger partial charge in [0.15, 0.2) is 10.4 Å². The molecule has 2 N–H and O–H groups in total. The molecule has 0 aliphatic rings. The summed E-state index contributed by atoms with van der Waals surface area (Å²) in [6, 6.07) is 6.02. The fraction of sp³-hybridized carbons (Fsp3) is 0. The molecule has 21 heavy (non-hydrogen) atoms. The predicted octanol–water partition coefficient (Wildman–Crippen LogP) is 2.90. The van der Waals surface area contributed by atoms with Gasteiger partial charge in [-0.3, -0.25) is 14.9 Å². The molecule has 1 aromatic heterocycles. The van der Waals surface area contributed by atoms with Gasteiger partial charge in [0.05, 0.1) is 16.2 Å². The number of non-ortho nitro benzene ring substituents is 1. The van der Waals surface area contributed by atoms with Gasteiger partial charge in [-0.05, 0) is 34.1 Å². The maximum absolute atomic E-state index is 11.9. The molecule has 1 amide bonds. The molecule has 9 heteroatoms. The first-order chi connectivity index (χ1) is 9.88. The lowest BCUT2D eigenvalue weighted by atomic mass is 10.1. The molecule has 1 aromatic carbocycles. The van der Waals surface area contributed by atoms with Crippen molar-refractivity contribution in [3.05, 3.63) is 56.4 Å². The van der Waals surface area contributed by atoms with Crippen molar-refractivity contribution in [2.75, 3.05) is 5.32 Å². The number of nitrogens with zero attached hydrogens (tertiary/aromatic N) is 1. The molecule has 0 spiro atoms. The molecule has 108 valence electrons. The molecule has 0 unspecified atom stereocenters. The molecule has 2 rings (SSSR count). The zero-order chi connectivity index (χ0) is 15.6. The predicted molar refractivity (Wildman–Crippen MR) is 74.4 cm³/mol. The van der Waals surface area contributed by atoms with Crippen LogP contribution in [0, 0.1) is 10.1 Å². The summed E-state index contributed by atoms with van der Waals surface area (Å²) in [7, 11) is 0. The molecule has 8 nitrogen and oxygen atoms in total. The van der Waals surface area contributed by atoms with Gasteiger partial charge in [-0.1, -0.05) is 0 Å². The zero-order valence-corrected chi connectivity index (χ0v) is 11.8. The molecule has 1 heterocycles. The summed E-state index contributed by atoms with van der Waals surface area (Å²) < 4.78 is 5.37. The van der Waals surface area contributed by atoms with E-state index in [0.29, 0.717) is 4.67 Å². The van der Waals surface area contributed by atoms with Gasteiger partial charge < -0.3 is 14.8 Å². The largest absolute Gasteiger partial charge is 0.478 e. The molecule has 0 saturated heterocycles. The van der Waals surface area contributed by atoms with Gasteiger partial charge in [-0.15, -0.1) is 0 Å². The van der Waals surface area contributed by atoms with E-state index in [9.17, 15) is 19.7 Å². The Morgan fingerprint density at radius 1 is 1.29 bits per heavy atom. The number of furan rings is 1. The lowest BCUT2D eigenvalue weighted by Crippen LogP contribution is -2.14. The lowest BCUT2D eigenvalue weighted by Gasteiger charge is -2.06. The van der Waals surface area contributed by atoms with Crippen LogP contribution in [0.4, 0.5) is 11.4 Å². The summed E-state index contributed by atoms with van der Waals surface area (Å²) in [4.78, 5) is 32.9. The third-order valence-corrected chi connectivity index (χ3v) is 2.92. The smallest absolute Gasteiger partial charge is 0.338 e. The topological polar surface area (TPSA) is 123 Å². The molecule has 2 aromatic rings. The molecule has 0 atom stereocenters. The van der Waals surface area contributed by atoms with Gasteiger partial charge >= 0.3 is 5.97 Å². The van der Waals surface area contributed by atoms with Gasteiger partial charge in [0.1, 0.15) is 0 Å². The Labute approximate surface area is 125 Å². The second-order valence-corrected chi connectivity index (χ2v) is 4.63. The first-order valence-corrected chi connectivity index (χ1v) is 6.26. The second kappa shape index (κ2) is 5.75. The molecule has 0 aliphatic heterocycles. The van der Waals surface area contributed by atoms with Crippen molar-refractivity contribution in [2.45, 2.75) is 0 Å². The van der Waals surface area contributed by atoms with E-state index in [1.165, 1.54) is 12.1 Å². The maximum atomic E-state index is 11.9. The van der Waals surface area contributed by atoms with Crippen LogP contribution in [0.25, 0.3) is 0 Å². The number of carboxylic acids is 1. The summed E-state index contributed by atoms with van der Waals surface area (Å²) in [5, 5.41) is 22.0.